The first-order chi connectivity index (χ1) is 5.20. The number of rotatable bonds is 2. The summed E-state index contributed by atoms with van der Waals surface area (Å²) in [5.74, 6) is 0.749. The molecule has 0 aromatic rings. The molecular weight excluding hydrogens is 136 g/mol. The molecule has 2 N–H and O–H groups in total. The van der Waals surface area contributed by atoms with E-state index in [1.807, 2.05) is 0 Å². The first-order valence-corrected chi connectivity index (χ1v) is 4.60. The SMILES string of the molecule is CN(C)C[C@H]1CCCC[C@H]1N. The maximum Gasteiger partial charge on any atom is 0.00793 e. The molecule has 2 atom stereocenters. The summed E-state index contributed by atoms with van der Waals surface area (Å²) < 4.78 is 0. The van der Waals surface area contributed by atoms with Gasteiger partial charge in [0.05, 0.1) is 0 Å². The molecule has 0 unspecified atom stereocenters. The predicted octanol–water partition coefficient (Wildman–Crippen LogP) is 1.07. The molecule has 0 aromatic heterocycles. The Morgan fingerprint density at radius 2 is 1.91 bits per heavy atom. The molecule has 0 spiro atoms. The molecule has 2 nitrogen and oxygen atoms in total. The average molecular weight is 156 g/mol. The summed E-state index contributed by atoms with van der Waals surface area (Å²) >= 11 is 0. The van der Waals surface area contributed by atoms with Gasteiger partial charge in [0.15, 0.2) is 0 Å². The van der Waals surface area contributed by atoms with Crippen molar-refractivity contribution in [1.82, 2.24) is 4.90 Å². The van der Waals surface area contributed by atoms with Gasteiger partial charge in [-0.1, -0.05) is 12.8 Å². The molecule has 0 aromatic carbocycles. The van der Waals surface area contributed by atoms with Crippen molar-refractivity contribution in [3.05, 3.63) is 0 Å². The van der Waals surface area contributed by atoms with Gasteiger partial charge in [0, 0.05) is 12.6 Å². The van der Waals surface area contributed by atoms with Crippen LogP contribution in [0.4, 0.5) is 0 Å². The molecular formula is C9H20N2. The molecule has 0 amide bonds. The van der Waals surface area contributed by atoms with E-state index in [-0.39, 0.29) is 0 Å². The summed E-state index contributed by atoms with van der Waals surface area (Å²) in [7, 11) is 4.25. The monoisotopic (exact) mass is 156 g/mol. The fourth-order valence-electron chi connectivity index (χ4n) is 1.93. The van der Waals surface area contributed by atoms with Gasteiger partial charge < -0.3 is 10.6 Å². The quantitative estimate of drug-likeness (QED) is 0.648. The second-order valence-electron chi connectivity index (χ2n) is 3.97. The summed E-state index contributed by atoms with van der Waals surface area (Å²) in [6.45, 7) is 1.17. The largest absolute Gasteiger partial charge is 0.327 e. The van der Waals surface area contributed by atoms with Crippen molar-refractivity contribution < 1.29 is 0 Å². The Morgan fingerprint density at radius 3 is 2.45 bits per heavy atom. The lowest BCUT2D eigenvalue weighted by atomic mass is 9.85. The predicted molar refractivity (Wildman–Crippen MR) is 48.5 cm³/mol. The van der Waals surface area contributed by atoms with Crippen molar-refractivity contribution in [3.63, 3.8) is 0 Å². The van der Waals surface area contributed by atoms with Crippen LogP contribution < -0.4 is 5.73 Å². The van der Waals surface area contributed by atoms with Gasteiger partial charge in [-0.15, -0.1) is 0 Å². The number of nitrogens with zero attached hydrogens (tertiary/aromatic N) is 1. The molecule has 1 saturated carbocycles. The van der Waals surface area contributed by atoms with Gasteiger partial charge in [-0.3, -0.25) is 0 Å². The Labute approximate surface area is 69.8 Å². The van der Waals surface area contributed by atoms with Crippen LogP contribution in [0.5, 0.6) is 0 Å². The molecule has 0 heterocycles. The van der Waals surface area contributed by atoms with Crippen LogP contribution in [0, 0.1) is 5.92 Å². The zero-order valence-corrected chi connectivity index (χ0v) is 7.71. The highest BCUT2D eigenvalue weighted by molar-refractivity contribution is 4.79. The summed E-state index contributed by atoms with van der Waals surface area (Å²) in [5.41, 5.74) is 6.00. The fraction of sp³-hybridized carbons (Fsp3) is 1.00. The second kappa shape index (κ2) is 4.07. The van der Waals surface area contributed by atoms with Crippen LogP contribution in [0.3, 0.4) is 0 Å². The van der Waals surface area contributed by atoms with Crippen LogP contribution in [0.1, 0.15) is 25.7 Å². The average Bonchev–Trinajstić information content (AvgIpc) is 1.93. The van der Waals surface area contributed by atoms with Gasteiger partial charge in [-0.25, -0.2) is 0 Å². The van der Waals surface area contributed by atoms with Crippen LogP contribution in [0.15, 0.2) is 0 Å². The van der Waals surface area contributed by atoms with Crippen LogP contribution in [0.2, 0.25) is 0 Å². The summed E-state index contributed by atoms with van der Waals surface area (Å²) in [5, 5.41) is 0. The molecule has 1 rings (SSSR count). The van der Waals surface area contributed by atoms with Crippen LogP contribution >= 0.6 is 0 Å². The molecule has 1 fully saturated rings. The van der Waals surface area contributed by atoms with E-state index in [0.717, 1.165) is 5.92 Å². The van der Waals surface area contributed by atoms with E-state index in [1.165, 1.54) is 32.2 Å². The fourth-order valence-corrected chi connectivity index (χ4v) is 1.93. The van der Waals surface area contributed by atoms with Crippen molar-refractivity contribution in [1.29, 1.82) is 0 Å². The zero-order chi connectivity index (χ0) is 8.27. The number of hydrogen-bond acceptors (Lipinski definition) is 2. The van der Waals surface area contributed by atoms with Gasteiger partial charge in [0.2, 0.25) is 0 Å². The third kappa shape index (κ3) is 2.80. The minimum Gasteiger partial charge on any atom is -0.327 e. The lowest BCUT2D eigenvalue weighted by molar-refractivity contribution is 0.235. The first-order valence-electron chi connectivity index (χ1n) is 4.60. The molecule has 11 heavy (non-hydrogen) atoms. The lowest BCUT2D eigenvalue weighted by Gasteiger charge is -2.30. The Kier molecular flexibility index (Phi) is 3.34. The molecule has 2 heteroatoms. The zero-order valence-electron chi connectivity index (χ0n) is 7.71. The van der Waals surface area contributed by atoms with Crippen LogP contribution in [-0.2, 0) is 0 Å². The normalized spacial score (nSPS) is 32.7. The van der Waals surface area contributed by atoms with Crippen molar-refractivity contribution in [2.75, 3.05) is 20.6 Å². The Balaban J connectivity index is 2.29. The molecule has 66 valence electrons. The third-order valence-electron chi connectivity index (χ3n) is 2.57. The van der Waals surface area contributed by atoms with E-state index in [1.54, 1.807) is 0 Å². The number of hydrogen-bond donors (Lipinski definition) is 1. The Bertz CT molecular complexity index is 112. The van der Waals surface area contributed by atoms with E-state index in [2.05, 4.69) is 19.0 Å². The maximum atomic E-state index is 6.00. The lowest BCUT2D eigenvalue weighted by Crippen LogP contribution is -2.38. The highest BCUT2D eigenvalue weighted by Crippen LogP contribution is 2.22. The second-order valence-corrected chi connectivity index (χ2v) is 3.97. The van der Waals surface area contributed by atoms with E-state index in [9.17, 15) is 0 Å². The summed E-state index contributed by atoms with van der Waals surface area (Å²) in [4.78, 5) is 2.25. The Morgan fingerprint density at radius 1 is 1.27 bits per heavy atom. The Hall–Kier alpha value is -0.0800. The van der Waals surface area contributed by atoms with Crippen molar-refractivity contribution in [3.8, 4) is 0 Å². The summed E-state index contributed by atoms with van der Waals surface area (Å²) in [6.07, 6.45) is 5.29. The third-order valence-corrected chi connectivity index (χ3v) is 2.57. The molecule has 0 aliphatic heterocycles. The van der Waals surface area contributed by atoms with E-state index < -0.39 is 0 Å². The van der Waals surface area contributed by atoms with Crippen molar-refractivity contribution in [2.45, 2.75) is 31.7 Å². The van der Waals surface area contributed by atoms with Crippen molar-refractivity contribution >= 4 is 0 Å². The van der Waals surface area contributed by atoms with Crippen LogP contribution in [0.25, 0.3) is 0 Å². The van der Waals surface area contributed by atoms with Crippen molar-refractivity contribution in [2.24, 2.45) is 11.7 Å². The minimum atomic E-state index is 0.464. The van der Waals surface area contributed by atoms with Gasteiger partial charge in [0.1, 0.15) is 0 Å². The molecule has 0 bridgehead atoms. The molecule has 1 aliphatic carbocycles. The van der Waals surface area contributed by atoms with Gasteiger partial charge >= 0.3 is 0 Å². The maximum absolute atomic E-state index is 6.00. The molecule has 0 radical (unpaired) electrons. The standard InChI is InChI=1S/C9H20N2/c1-11(2)7-8-5-3-4-6-9(8)10/h8-9H,3-7,10H2,1-2H3/t8-,9-/m1/s1. The van der Waals surface area contributed by atoms with Gasteiger partial charge in [0.25, 0.3) is 0 Å². The number of nitrogens with two attached hydrogens (primary N) is 1. The molecule has 0 saturated heterocycles. The smallest absolute Gasteiger partial charge is 0.00793 e. The first kappa shape index (κ1) is 9.01. The summed E-state index contributed by atoms with van der Waals surface area (Å²) in [6, 6.07) is 0.464. The van der Waals surface area contributed by atoms with E-state index >= 15 is 0 Å². The topological polar surface area (TPSA) is 29.3 Å². The van der Waals surface area contributed by atoms with Crippen LogP contribution in [-0.4, -0.2) is 31.6 Å². The molecule has 1 aliphatic rings. The minimum absolute atomic E-state index is 0.464. The van der Waals surface area contributed by atoms with Gasteiger partial charge in [-0.05, 0) is 32.9 Å². The highest BCUT2D eigenvalue weighted by Gasteiger charge is 2.21. The van der Waals surface area contributed by atoms with E-state index in [4.69, 9.17) is 5.73 Å². The highest BCUT2D eigenvalue weighted by atomic mass is 15.1. The van der Waals surface area contributed by atoms with E-state index in [0.29, 0.717) is 6.04 Å². The van der Waals surface area contributed by atoms with Gasteiger partial charge in [-0.2, -0.15) is 0 Å².